The summed E-state index contributed by atoms with van der Waals surface area (Å²) >= 11 is 0. The van der Waals surface area contributed by atoms with Gasteiger partial charge in [0, 0.05) is 13.0 Å². The van der Waals surface area contributed by atoms with Gasteiger partial charge in [-0.1, -0.05) is 25.9 Å². The maximum absolute atomic E-state index is 12.1. The zero-order valence-corrected chi connectivity index (χ0v) is 11.6. The maximum atomic E-state index is 12.1. The van der Waals surface area contributed by atoms with Gasteiger partial charge in [-0.2, -0.15) is 4.98 Å². The molecule has 0 saturated carbocycles. The number of hydrogen-bond donors (Lipinski definition) is 0. The Hall–Kier alpha value is -2.25. The van der Waals surface area contributed by atoms with Crippen LogP contribution in [0.4, 0.5) is 4.79 Å². The highest BCUT2D eigenvalue weighted by Crippen LogP contribution is 2.16. The number of imide groups is 2. The van der Waals surface area contributed by atoms with Gasteiger partial charge in [0.15, 0.2) is 5.82 Å². The van der Waals surface area contributed by atoms with Gasteiger partial charge in [0.1, 0.15) is 6.54 Å². The summed E-state index contributed by atoms with van der Waals surface area (Å²) in [7, 11) is 0. The molecule has 4 amide bonds. The molecule has 8 nitrogen and oxygen atoms in total. The molecule has 0 bridgehead atoms. The lowest BCUT2D eigenvalue weighted by molar-refractivity contribution is -0.143. The summed E-state index contributed by atoms with van der Waals surface area (Å²) in [5.74, 6) is -0.941. The normalized spacial score (nSPS) is 15.9. The Balaban J connectivity index is 2.14. The van der Waals surface area contributed by atoms with Crippen molar-refractivity contribution < 1.29 is 18.9 Å². The highest BCUT2D eigenvalue weighted by Gasteiger charge is 2.45. The second kappa shape index (κ2) is 5.40. The van der Waals surface area contributed by atoms with Crippen molar-refractivity contribution >= 4 is 17.8 Å². The third-order valence-electron chi connectivity index (χ3n) is 2.80. The number of hydrogen-bond acceptors (Lipinski definition) is 6. The first-order valence-electron chi connectivity index (χ1n) is 6.42. The second-order valence-corrected chi connectivity index (χ2v) is 4.94. The van der Waals surface area contributed by atoms with Crippen molar-refractivity contribution in [3.8, 4) is 0 Å². The lowest BCUT2D eigenvalue weighted by atomic mass is 10.2. The molecule has 0 N–H and O–H groups in total. The minimum atomic E-state index is -0.855. The van der Waals surface area contributed by atoms with Gasteiger partial charge in [-0.3, -0.25) is 14.5 Å². The zero-order chi connectivity index (χ0) is 14.9. The quantitative estimate of drug-likeness (QED) is 0.578. The van der Waals surface area contributed by atoms with Gasteiger partial charge in [0.2, 0.25) is 5.89 Å². The van der Waals surface area contributed by atoms with Crippen LogP contribution < -0.4 is 0 Å². The fourth-order valence-corrected chi connectivity index (χ4v) is 1.85. The van der Waals surface area contributed by atoms with Crippen molar-refractivity contribution in [3.63, 3.8) is 0 Å². The fourth-order valence-electron chi connectivity index (χ4n) is 1.85. The molecule has 0 unspecified atom stereocenters. The Morgan fingerprint density at radius 2 is 1.80 bits per heavy atom. The van der Waals surface area contributed by atoms with Crippen LogP contribution in [0.3, 0.4) is 0 Å². The molecule has 1 aromatic rings. The van der Waals surface area contributed by atoms with Crippen LogP contribution in [0.1, 0.15) is 32.5 Å². The van der Waals surface area contributed by atoms with E-state index in [1.54, 1.807) is 0 Å². The Bertz CT molecular complexity index is 551. The molecule has 2 heterocycles. The first kappa shape index (κ1) is 14.2. The van der Waals surface area contributed by atoms with E-state index >= 15 is 0 Å². The van der Waals surface area contributed by atoms with Crippen molar-refractivity contribution in [1.29, 1.82) is 0 Å². The standard InChI is InChI=1S/C12H16N4O4/c1-4-8-13-9(20-14-8)6-16-11(18)10(17)15(12(16)19)5-7(2)3/h7H,4-6H2,1-3H3. The molecule has 0 aliphatic carbocycles. The number of nitrogens with zero attached hydrogens (tertiary/aromatic N) is 4. The minimum absolute atomic E-state index is 0.0887. The van der Waals surface area contributed by atoms with Crippen molar-refractivity contribution in [2.24, 2.45) is 5.92 Å². The summed E-state index contributed by atoms with van der Waals surface area (Å²) in [6, 6.07) is -0.634. The maximum Gasteiger partial charge on any atom is 0.334 e. The number of amides is 4. The molecular weight excluding hydrogens is 264 g/mol. The van der Waals surface area contributed by atoms with E-state index in [1.165, 1.54) is 0 Å². The van der Waals surface area contributed by atoms with Gasteiger partial charge in [-0.15, -0.1) is 0 Å². The number of aryl methyl sites for hydroxylation is 1. The molecule has 1 saturated heterocycles. The van der Waals surface area contributed by atoms with Crippen LogP contribution in [0.25, 0.3) is 0 Å². The Morgan fingerprint density at radius 3 is 2.35 bits per heavy atom. The molecule has 0 radical (unpaired) electrons. The predicted molar refractivity (Wildman–Crippen MR) is 66.2 cm³/mol. The topological polar surface area (TPSA) is 96.6 Å². The van der Waals surface area contributed by atoms with E-state index in [-0.39, 0.29) is 24.9 Å². The van der Waals surface area contributed by atoms with Crippen molar-refractivity contribution in [2.45, 2.75) is 33.7 Å². The average molecular weight is 280 g/mol. The Kier molecular flexibility index (Phi) is 3.82. The average Bonchev–Trinajstić information content (AvgIpc) is 2.93. The van der Waals surface area contributed by atoms with Gasteiger partial charge in [-0.05, 0) is 5.92 Å². The van der Waals surface area contributed by atoms with E-state index < -0.39 is 17.8 Å². The number of carbonyl (C=O) groups is 3. The number of carbonyl (C=O) groups excluding carboxylic acids is 3. The van der Waals surface area contributed by atoms with Crippen molar-refractivity contribution in [2.75, 3.05) is 6.54 Å². The number of rotatable bonds is 5. The third kappa shape index (κ3) is 2.54. The first-order chi connectivity index (χ1) is 9.43. The van der Waals surface area contributed by atoms with Crippen LogP contribution in [0.2, 0.25) is 0 Å². The molecule has 2 rings (SSSR count). The number of urea groups is 1. The molecule has 108 valence electrons. The van der Waals surface area contributed by atoms with Gasteiger partial charge in [-0.25, -0.2) is 9.69 Å². The van der Waals surface area contributed by atoms with Crippen LogP contribution >= 0.6 is 0 Å². The lowest BCUT2D eigenvalue weighted by Gasteiger charge is -2.15. The van der Waals surface area contributed by atoms with Gasteiger partial charge >= 0.3 is 17.8 Å². The summed E-state index contributed by atoms with van der Waals surface area (Å²) in [6.45, 7) is 5.61. The van der Waals surface area contributed by atoms with Gasteiger partial charge in [0.25, 0.3) is 0 Å². The molecule has 1 aliphatic rings. The summed E-state index contributed by atoms with van der Waals surface area (Å²) in [6.07, 6.45) is 0.587. The van der Waals surface area contributed by atoms with E-state index in [0.717, 1.165) is 9.80 Å². The van der Waals surface area contributed by atoms with Crippen LogP contribution in [-0.4, -0.2) is 44.3 Å². The van der Waals surface area contributed by atoms with Gasteiger partial charge < -0.3 is 4.52 Å². The molecule has 1 aromatic heterocycles. The molecule has 8 heteroatoms. The first-order valence-corrected chi connectivity index (χ1v) is 6.42. The van der Waals surface area contributed by atoms with E-state index in [4.69, 9.17) is 4.52 Å². The van der Waals surface area contributed by atoms with Crippen molar-refractivity contribution in [1.82, 2.24) is 19.9 Å². The third-order valence-corrected chi connectivity index (χ3v) is 2.80. The molecule has 0 spiro atoms. The van der Waals surface area contributed by atoms with E-state index in [2.05, 4.69) is 10.1 Å². The molecule has 20 heavy (non-hydrogen) atoms. The fraction of sp³-hybridized carbons (Fsp3) is 0.583. The SMILES string of the molecule is CCc1noc(CN2C(=O)C(=O)N(CC(C)C)C2=O)n1. The van der Waals surface area contributed by atoms with Crippen LogP contribution in [0.15, 0.2) is 4.52 Å². The molecule has 1 fully saturated rings. The summed E-state index contributed by atoms with van der Waals surface area (Å²) in [4.78, 5) is 41.4. The smallest absolute Gasteiger partial charge is 0.334 e. The second-order valence-electron chi connectivity index (χ2n) is 4.94. The van der Waals surface area contributed by atoms with E-state index in [1.807, 2.05) is 20.8 Å². The summed E-state index contributed by atoms with van der Waals surface area (Å²) in [5, 5.41) is 3.68. The minimum Gasteiger partial charge on any atom is -0.337 e. The van der Waals surface area contributed by atoms with Crippen molar-refractivity contribution in [3.05, 3.63) is 11.7 Å². The Morgan fingerprint density at radius 1 is 1.15 bits per heavy atom. The highest BCUT2D eigenvalue weighted by atomic mass is 16.5. The monoisotopic (exact) mass is 280 g/mol. The van der Waals surface area contributed by atoms with Gasteiger partial charge in [0.05, 0.1) is 0 Å². The molecule has 0 atom stereocenters. The largest absolute Gasteiger partial charge is 0.337 e. The zero-order valence-electron chi connectivity index (χ0n) is 11.6. The predicted octanol–water partition coefficient (Wildman–Crippen LogP) is 0.579. The number of aromatic nitrogens is 2. The molecular formula is C12H16N4O4. The lowest BCUT2D eigenvalue weighted by Crippen LogP contribution is -2.35. The highest BCUT2D eigenvalue weighted by molar-refractivity contribution is 6.44. The summed E-state index contributed by atoms with van der Waals surface area (Å²) in [5.41, 5.74) is 0. The van der Waals surface area contributed by atoms with Crippen LogP contribution in [0, 0.1) is 5.92 Å². The molecule has 1 aliphatic heterocycles. The van der Waals surface area contributed by atoms with Crippen LogP contribution in [-0.2, 0) is 22.6 Å². The van der Waals surface area contributed by atoms with E-state index in [9.17, 15) is 14.4 Å². The molecule has 0 aromatic carbocycles. The Labute approximate surface area is 115 Å². The van der Waals surface area contributed by atoms with E-state index in [0.29, 0.717) is 12.2 Å². The summed E-state index contributed by atoms with van der Waals surface area (Å²) < 4.78 is 4.93. The van der Waals surface area contributed by atoms with Crippen LogP contribution in [0.5, 0.6) is 0 Å².